The van der Waals surface area contributed by atoms with Gasteiger partial charge in [0.05, 0.1) is 0 Å². The van der Waals surface area contributed by atoms with E-state index in [1.165, 1.54) is 5.56 Å². The summed E-state index contributed by atoms with van der Waals surface area (Å²) in [5, 5.41) is 4.45. The number of piperazine rings is 1. The van der Waals surface area contributed by atoms with Crippen LogP contribution in [0, 0.1) is 5.41 Å². The standard InChI is InChI=1S/C16H25ClN2/c1-16(2,3)15-12-19(11-9-18-15)10-8-13-4-6-14(17)7-5-13/h4-7,15,18H,8-12H2,1-3H3. The quantitative estimate of drug-likeness (QED) is 0.915. The first-order valence-electron chi connectivity index (χ1n) is 7.15. The molecule has 0 radical (unpaired) electrons. The highest BCUT2D eigenvalue weighted by Crippen LogP contribution is 2.22. The van der Waals surface area contributed by atoms with Gasteiger partial charge in [-0.15, -0.1) is 0 Å². The fraction of sp³-hybridized carbons (Fsp3) is 0.625. The van der Waals surface area contributed by atoms with Crippen LogP contribution in [-0.4, -0.2) is 37.1 Å². The van der Waals surface area contributed by atoms with E-state index in [0.717, 1.165) is 37.6 Å². The van der Waals surface area contributed by atoms with Crippen molar-refractivity contribution in [1.82, 2.24) is 10.2 Å². The van der Waals surface area contributed by atoms with Crippen LogP contribution in [0.2, 0.25) is 5.02 Å². The number of halogens is 1. The van der Waals surface area contributed by atoms with Crippen molar-refractivity contribution in [3.63, 3.8) is 0 Å². The summed E-state index contributed by atoms with van der Waals surface area (Å²) in [6.07, 6.45) is 1.11. The maximum atomic E-state index is 5.91. The van der Waals surface area contributed by atoms with Gasteiger partial charge in [-0.3, -0.25) is 0 Å². The molecule has 1 unspecified atom stereocenters. The van der Waals surface area contributed by atoms with Gasteiger partial charge in [-0.25, -0.2) is 0 Å². The first-order chi connectivity index (χ1) is 8.95. The average molecular weight is 281 g/mol. The summed E-state index contributed by atoms with van der Waals surface area (Å²) in [4.78, 5) is 2.57. The average Bonchev–Trinajstić information content (AvgIpc) is 2.37. The molecule has 1 fully saturated rings. The molecule has 2 nitrogen and oxygen atoms in total. The summed E-state index contributed by atoms with van der Waals surface area (Å²) in [5.41, 5.74) is 1.70. The second-order valence-corrected chi connectivity index (χ2v) is 6.99. The second-order valence-electron chi connectivity index (χ2n) is 6.55. The molecule has 19 heavy (non-hydrogen) atoms. The smallest absolute Gasteiger partial charge is 0.0406 e. The predicted molar refractivity (Wildman–Crippen MR) is 82.8 cm³/mol. The highest BCUT2D eigenvalue weighted by atomic mass is 35.5. The maximum Gasteiger partial charge on any atom is 0.0406 e. The van der Waals surface area contributed by atoms with Gasteiger partial charge in [0.1, 0.15) is 0 Å². The first kappa shape index (κ1) is 14.8. The molecule has 106 valence electrons. The van der Waals surface area contributed by atoms with E-state index < -0.39 is 0 Å². The van der Waals surface area contributed by atoms with Crippen LogP contribution in [0.3, 0.4) is 0 Å². The Bertz CT molecular complexity index is 394. The van der Waals surface area contributed by atoms with Crippen molar-refractivity contribution in [2.45, 2.75) is 33.2 Å². The molecular weight excluding hydrogens is 256 g/mol. The van der Waals surface area contributed by atoms with E-state index in [1.54, 1.807) is 0 Å². The molecule has 0 spiro atoms. The van der Waals surface area contributed by atoms with Gasteiger partial charge in [0.25, 0.3) is 0 Å². The van der Waals surface area contributed by atoms with Crippen molar-refractivity contribution in [2.75, 3.05) is 26.2 Å². The lowest BCUT2D eigenvalue weighted by Gasteiger charge is -2.40. The number of nitrogens with one attached hydrogen (secondary N) is 1. The highest BCUT2D eigenvalue weighted by molar-refractivity contribution is 6.30. The Labute approximate surface area is 122 Å². The number of benzene rings is 1. The van der Waals surface area contributed by atoms with Gasteiger partial charge in [0.2, 0.25) is 0 Å². The van der Waals surface area contributed by atoms with Gasteiger partial charge >= 0.3 is 0 Å². The largest absolute Gasteiger partial charge is 0.311 e. The molecule has 0 amide bonds. The Hall–Kier alpha value is -0.570. The molecule has 0 aliphatic carbocycles. The Morgan fingerprint density at radius 3 is 2.58 bits per heavy atom. The Kier molecular flexibility index (Phi) is 4.88. The molecule has 0 bridgehead atoms. The highest BCUT2D eigenvalue weighted by Gasteiger charge is 2.28. The first-order valence-corrected chi connectivity index (χ1v) is 7.53. The van der Waals surface area contributed by atoms with Crippen LogP contribution in [-0.2, 0) is 6.42 Å². The van der Waals surface area contributed by atoms with E-state index >= 15 is 0 Å². The third-order valence-corrected chi connectivity index (χ3v) is 4.19. The third kappa shape index (κ3) is 4.48. The van der Waals surface area contributed by atoms with Gasteiger partial charge in [0, 0.05) is 37.2 Å². The molecule has 1 saturated heterocycles. The summed E-state index contributed by atoms with van der Waals surface area (Å²) in [6.45, 7) is 11.5. The molecule has 1 aromatic rings. The number of hydrogen-bond acceptors (Lipinski definition) is 2. The molecular formula is C16H25ClN2. The fourth-order valence-corrected chi connectivity index (χ4v) is 2.66. The minimum absolute atomic E-state index is 0.332. The van der Waals surface area contributed by atoms with Crippen LogP contribution in [0.15, 0.2) is 24.3 Å². The molecule has 1 heterocycles. The third-order valence-electron chi connectivity index (χ3n) is 3.93. The van der Waals surface area contributed by atoms with Crippen molar-refractivity contribution in [2.24, 2.45) is 5.41 Å². The minimum atomic E-state index is 0.332. The van der Waals surface area contributed by atoms with Crippen LogP contribution >= 0.6 is 11.6 Å². The van der Waals surface area contributed by atoms with Crippen molar-refractivity contribution >= 4 is 11.6 Å². The van der Waals surface area contributed by atoms with Gasteiger partial charge in [-0.1, -0.05) is 44.5 Å². The van der Waals surface area contributed by atoms with E-state index in [1.807, 2.05) is 12.1 Å². The van der Waals surface area contributed by atoms with Crippen LogP contribution in [0.25, 0.3) is 0 Å². The molecule has 1 atom stereocenters. The van der Waals surface area contributed by atoms with Crippen molar-refractivity contribution < 1.29 is 0 Å². The van der Waals surface area contributed by atoms with Gasteiger partial charge in [0.15, 0.2) is 0 Å². The molecule has 3 heteroatoms. The second kappa shape index (κ2) is 6.25. The van der Waals surface area contributed by atoms with Crippen LogP contribution in [0.5, 0.6) is 0 Å². The zero-order valence-electron chi connectivity index (χ0n) is 12.2. The summed E-state index contributed by atoms with van der Waals surface area (Å²) in [7, 11) is 0. The Morgan fingerprint density at radius 2 is 1.95 bits per heavy atom. The predicted octanol–water partition coefficient (Wildman–Crippen LogP) is 3.20. The van der Waals surface area contributed by atoms with Crippen molar-refractivity contribution in [3.8, 4) is 0 Å². The zero-order valence-corrected chi connectivity index (χ0v) is 13.0. The lowest BCUT2D eigenvalue weighted by molar-refractivity contribution is 0.135. The lowest BCUT2D eigenvalue weighted by atomic mass is 9.85. The van der Waals surface area contributed by atoms with Crippen molar-refractivity contribution in [3.05, 3.63) is 34.9 Å². The number of rotatable bonds is 3. The molecule has 1 aromatic carbocycles. The molecule has 0 aromatic heterocycles. The minimum Gasteiger partial charge on any atom is -0.311 e. The molecule has 2 rings (SSSR count). The van der Waals surface area contributed by atoms with Gasteiger partial charge in [-0.05, 0) is 29.5 Å². The molecule has 0 saturated carbocycles. The number of nitrogens with zero attached hydrogens (tertiary/aromatic N) is 1. The van der Waals surface area contributed by atoms with E-state index in [4.69, 9.17) is 11.6 Å². The lowest BCUT2D eigenvalue weighted by Crippen LogP contribution is -2.56. The molecule has 1 N–H and O–H groups in total. The normalized spacial score (nSPS) is 21.6. The van der Waals surface area contributed by atoms with Gasteiger partial charge in [-0.2, -0.15) is 0 Å². The monoisotopic (exact) mass is 280 g/mol. The van der Waals surface area contributed by atoms with Crippen LogP contribution < -0.4 is 5.32 Å². The van der Waals surface area contributed by atoms with E-state index in [0.29, 0.717) is 11.5 Å². The summed E-state index contributed by atoms with van der Waals surface area (Å²) >= 11 is 5.91. The van der Waals surface area contributed by atoms with Crippen LogP contribution in [0.1, 0.15) is 26.3 Å². The van der Waals surface area contributed by atoms with Gasteiger partial charge < -0.3 is 10.2 Å². The summed E-state index contributed by atoms with van der Waals surface area (Å²) in [5.74, 6) is 0. The maximum absolute atomic E-state index is 5.91. The Balaban J connectivity index is 1.84. The van der Waals surface area contributed by atoms with E-state index in [9.17, 15) is 0 Å². The van der Waals surface area contributed by atoms with E-state index in [2.05, 4.69) is 43.1 Å². The zero-order chi connectivity index (χ0) is 13.9. The SMILES string of the molecule is CC(C)(C)C1CN(CCc2ccc(Cl)cc2)CCN1. The summed E-state index contributed by atoms with van der Waals surface area (Å²) in [6, 6.07) is 8.81. The van der Waals surface area contributed by atoms with Crippen molar-refractivity contribution in [1.29, 1.82) is 0 Å². The van der Waals surface area contributed by atoms with Crippen LogP contribution in [0.4, 0.5) is 0 Å². The topological polar surface area (TPSA) is 15.3 Å². The number of hydrogen-bond donors (Lipinski definition) is 1. The molecule has 1 aliphatic rings. The fourth-order valence-electron chi connectivity index (χ4n) is 2.53. The van der Waals surface area contributed by atoms with E-state index in [-0.39, 0.29) is 0 Å². The Morgan fingerprint density at radius 1 is 1.26 bits per heavy atom. The summed E-state index contributed by atoms with van der Waals surface area (Å²) < 4.78 is 0. The molecule has 1 aliphatic heterocycles.